The van der Waals surface area contributed by atoms with Crippen molar-refractivity contribution in [2.75, 3.05) is 6.61 Å². The molecule has 0 aliphatic heterocycles. The van der Waals surface area contributed by atoms with Crippen LogP contribution in [0.5, 0.6) is 0 Å². The van der Waals surface area contributed by atoms with E-state index in [1.807, 2.05) is 0 Å². The van der Waals surface area contributed by atoms with Gasteiger partial charge in [-0.3, -0.25) is 0 Å². The summed E-state index contributed by atoms with van der Waals surface area (Å²) in [6.45, 7) is 5.22. The summed E-state index contributed by atoms with van der Waals surface area (Å²) in [5, 5.41) is 0. The van der Waals surface area contributed by atoms with Gasteiger partial charge in [-0.1, -0.05) is 51.0 Å². The molecular formula is C23H40O. The lowest BCUT2D eigenvalue weighted by atomic mass is 9.70. The monoisotopic (exact) mass is 332 g/mol. The largest absolute Gasteiger partial charge is 0.374 e. The summed E-state index contributed by atoms with van der Waals surface area (Å²) < 4.78 is 6.01. The van der Waals surface area contributed by atoms with Crippen molar-refractivity contribution in [3.05, 3.63) is 24.3 Å². The van der Waals surface area contributed by atoms with Crippen molar-refractivity contribution in [2.24, 2.45) is 17.8 Å². The normalized spacial score (nSPS) is 31.9. The lowest BCUT2D eigenvalue weighted by molar-refractivity contribution is 0.0210. The zero-order chi connectivity index (χ0) is 17.0. The zero-order valence-electron chi connectivity index (χ0n) is 16.2. The number of hydrogen-bond donors (Lipinski definition) is 0. The highest BCUT2D eigenvalue weighted by atomic mass is 16.5. The second-order valence-corrected chi connectivity index (χ2v) is 7.99. The molecule has 1 heteroatoms. The summed E-state index contributed by atoms with van der Waals surface area (Å²) in [4.78, 5) is 0. The van der Waals surface area contributed by atoms with Crippen LogP contribution in [0.25, 0.3) is 0 Å². The zero-order valence-corrected chi connectivity index (χ0v) is 16.2. The van der Waals surface area contributed by atoms with Gasteiger partial charge in [-0.05, 0) is 82.0 Å². The molecule has 2 rings (SSSR count). The molecular weight excluding hydrogens is 292 g/mol. The van der Waals surface area contributed by atoms with Crippen molar-refractivity contribution >= 4 is 0 Å². The first-order chi connectivity index (χ1) is 11.8. The van der Waals surface area contributed by atoms with Gasteiger partial charge in [0.15, 0.2) is 0 Å². The molecule has 2 aliphatic carbocycles. The van der Waals surface area contributed by atoms with E-state index in [9.17, 15) is 0 Å². The molecule has 0 bridgehead atoms. The quantitative estimate of drug-likeness (QED) is 0.410. The molecule has 0 spiro atoms. The van der Waals surface area contributed by atoms with Gasteiger partial charge in [0, 0.05) is 0 Å². The predicted molar refractivity (Wildman–Crippen MR) is 105 cm³/mol. The Labute approximate surface area is 150 Å². The van der Waals surface area contributed by atoms with Crippen LogP contribution in [0.3, 0.4) is 0 Å². The summed E-state index contributed by atoms with van der Waals surface area (Å²) >= 11 is 0. The average molecular weight is 333 g/mol. The lowest BCUT2D eigenvalue weighted by Crippen LogP contribution is -2.28. The van der Waals surface area contributed by atoms with Crippen LogP contribution in [0.1, 0.15) is 90.9 Å². The minimum absolute atomic E-state index is 0.532. The van der Waals surface area contributed by atoms with E-state index in [0.29, 0.717) is 6.10 Å². The number of allylic oxidation sites excluding steroid dienone is 3. The topological polar surface area (TPSA) is 9.23 Å². The second kappa shape index (κ2) is 11.9. The molecule has 0 amide bonds. The number of ether oxygens (including phenoxy) is 1. The van der Waals surface area contributed by atoms with Gasteiger partial charge in [0.05, 0.1) is 12.7 Å². The lowest BCUT2D eigenvalue weighted by Gasteiger charge is -2.37. The summed E-state index contributed by atoms with van der Waals surface area (Å²) in [7, 11) is 0. The number of hydrogen-bond acceptors (Lipinski definition) is 1. The SMILES string of the molecule is CC/C=C/CC[C@H]1CC[C@H]([C@H]2CC[C@H](OC/C=C/CC)CC2)CC1. The van der Waals surface area contributed by atoms with E-state index in [1.165, 1.54) is 70.6 Å². The summed E-state index contributed by atoms with van der Waals surface area (Å²) in [5.41, 5.74) is 0. The molecule has 2 fully saturated rings. The Kier molecular flexibility index (Phi) is 9.80. The van der Waals surface area contributed by atoms with E-state index in [1.54, 1.807) is 0 Å². The Bertz CT molecular complexity index is 318. The molecule has 0 radical (unpaired) electrons. The molecule has 0 heterocycles. The molecule has 0 atom stereocenters. The first-order valence-electron chi connectivity index (χ1n) is 10.7. The van der Waals surface area contributed by atoms with Crippen LogP contribution in [0, 0.1) is 17.8 Å². The van der Waals surface area contributed by atoms with Crippen LogP contribution < -0.4 is 0 Å². The minimum Gasteiger partial charge on any atom is -0.374 e. The third-order valence-corrected chi connectivity index (χ3v) is 6.25. The molecule has 2 aliphatic rings. The highest BCUT2D eigenvalue weighted by Gasteiger charge is 2.30. The van der Waals surface area contributed by atoms with Crippen molar-refractivity contribution in [1.29, 1.82) is 0 Å². The van der Waals surface area contributed by atoms with Crippen molar-refractivity contribution in [3.63, 3.8) is 0 Å². The number of rotatable bonds is 9. The maximum Gasteiger partial charge on any atom is 0.0651 e. The molecule has 24 heavy (non-hydrogen) atoms. The van der Waals surface area contributed by atoms with Gasteiger partial charge in [-0.2, -0.15) is 0 Å². The second-order valence-electron chi connectivity index (χ2n) is 7.99. The maximum absolute atomic E-state index is 6.01. The summed E-state index contributed by atoms with van der Waals surface area (Å²) in [6.07, 6.45) is 26.1. The van der Waals surface area contributed by atoms with E-state index in [0.717, 1.165) is 30.8 Å². The third kappa shape index (κ3) is 7.13. The molecule has 138 valence electrons. The fourth-order valence-corrected chi connectivity index (χ4v) is 4.72. The van der Waals surface area contributed by atoms with Gasteiger partial charge in [-0.15, -0.1) is 0 Å². The van der Waals surface area contributed by atoms with Crippen LogP contribution in [-0.2, 0) is 4.74 Å². The Hall–Kier alpha value is -0.560. The highest BCUT2D eigenvalue weighted by Crippen LogP contribution is 2.41. The van der Waals surface area contributed by atoms with E-state index in [4.69, 9.17) is 4.74 Å². The summed E-state index contributed by atoms with van der Waals surface area (Å²) in [5.74, 6) is 3.03. The average Bonchev–Trinajstić information content (AvgIpc) is 2.64. The van der Waals surface area contributed by atoms with Crippen molar-refractivity contribution in [3.8, 4) is 0 Å². The van der Waals surface area contributed by atoms with Crippen molar-refractivity contribution in [2.45, 2.75) is 97.0 Å². The van der Waals surface area contributed by atoms with E-state index < -0.39 is 0 Å². The van der Waals surface area contributed by atoms with Crippen LogP contribution >= 0.6 is 0 Å². The Morgan fingerprint density at radius 2 is 1.29 bits per heavy atom. The predicted octanol–water partition coefficient (Wildman–Crippen LogP) is 7.08. The third-order valence-electron chi connectivity index (χ3n) is 6.25. The van der Waals surface area contributed by atoms with E-state index in [-0.39, 0.29) is 0 Å². The van der Waals surface area contributed by atoms with Crippen molar-refractivity contribution < 1.29 is 4.74 Å². The Balaban J connectivity index is 1.58. The first kappa shape index (κ1) is 19.8. The Morgan fingerprint density at radius 1 is 0.708 bits per heavy atom. The molecule has 0 unspecified atom stereocenters. The van der Waals surface area contributed by atoms with Crippen LogP contribution in [0.2, 0.25) is 0 Å². The van der Waals surface area contributed by atoms with Gasteiger partial charge >= 0.3 is 0 Å². The smallest absolute Gasteiger partial charge is 0.0651 e. The van der Waals surface area contributed by atoms with Gasteiger partial charge in [-0.25, -0.2) is 0 Å². The fraction of sp³-hybridized carbons (Fsp3) is 0.826. The van der Waals surface area contributed by atoms with Gasteiger partial charge in [0.25, 0.3) is 0 Å². The molecule has 1 nitrogen and oxygen atoms in total. The van der Waals surface area contributed by atoms with Gasteiger partial charge in [0.1, 0.15) is 0 Å². The highest BCUT2D eigenvalue weighted by molar-refractivity contribution is 4.86. The van der Waals surface area contributed by atoms with E-state index >= 15 is 0 Å². The molecule has 0 saturated heterocycles. The van der Waals surface area contributed by atoms with Crippen LogP contribution in [0.4, 0.5) is 0 Å². The van der Waals surface area contributed by atoms with Crippen molar-refractivity contribution in [1.82, 2.24) is 0 Å². The molecule has 0 N–H and O–H groups in total. The standard InChI is InChI=1S/C23H40O/c1-3-5-7-8-10-20-11-13-21(14-12-20)22-15-17-23(18-16-22)24-19-9-6-4-2/h5-7,9,20-23H,3-4,8,10-19H2,1-2H3/b7-5+,9-6+/t20-,21-,22-,23-. The fourth-order valence-electron chi connectivity index (χ4n) is 4.72. The van der Waals surface area contributed by atoms with Gasteiger partial charge in [0.2, 0.25) is 0 Å². The van der Waals surface area contributed by atoms with E-state index in [2.05, 4.69) is 38.2 Å². The molecule has 0 aromatic carbocycles. The Morgan fingerprint density at radius 3 is 1.92 bits per heavy atom. The van der Waals surface area contributed by atoms with Crippen LogP contribution in [0.15, 0.2) is 24.3 Å². The van der Waals surface area contributed by atoms with Crippen LogP contribution in [-0.4, -0.2) is 12.7 Å². The first-order valence-corrected chi connectivity index (χ1v) is 10.7. The molecule has 0 aromatic rings. The minimum atomic E-state index is 0.532. The molecule has 0 aromatic heterocycles. The van der Waals surface area contributed by atoms with Gasteiger partial charge < -0.3 is 4.74 Å². The summed E-state index contributed by atoms with van der Waals surface area (Å²) in [6, 6.07) is 0. The maximum atomic E-state index is 6.01. The molecule has 2 saturated carbocycles.